The van der Waals surface area contributed by atoms with Crippen molar-refractivity contribution in [1.82, 2.24) is 4.98 Å². The lowest BCUT2D eigenvalue weighted by molar-refractivity contribution is 0.545. The Morgan fingerprint density at radius 1 is 1.69 bits per heavy atom. The van der Waals surface area contributed by atoms with Gasteiger partial charge in [-0.3, -0.25) is 0 Å². The molecule has 0 radical (unpaired) electrons. The third-order valence-corrected chi connectivity index (χ3v) is 3.26. The van der Waals surface area contributed by atoms with Gasteiger partial charge >= 0.3 is 0 Å². The number of hydrogen-bond donors (Lipinski definition) is 1. The Bertz CT molecular complexity index is 383. The fourth-order valence-corrected chi connectivity index (χ4v) is 2.54. The molecule has 0 amide bonds. The summed E-state index contributed by atoms with van der Waals surface area (Å²) in [5.74, 6) is 0. The fourth-order valence-electron chi connectivity index (χ4n) is 1.32. The van der Waals surface area contributed by atoms with E-state index in [1.807, 2.05) is 13.0 Å². The normalized spacial score (nSPS) is 16.2. The first-order chi connectivity index (χ1) is 7.43. The second kappa shape index (κ2) is 5.53. The molecule has 0 aliphatic heterocycles. The van der Waals surface area contributed by atoms with Gasteiger partial charge in [0.1, 0.15) is 5.54 Å². The number of pyridine rings is 1. The number of thioether (sulfide) groups is 1. The van der Waals surface area contributed by atoms with Crippen LogP contribution in [0.4, 0.5) is 0 Å². The van der Waals surface area contributed by atoms with Crippen LogP contribution in [-0.4, -0.2) is 15.8 Å². The summed E-state index contributed by atoms with van der Waals surface area (Å²) in [7, 11) is 0. The minimum Gasteiger partial charge on any atom is -0.314 e. The van der Waals surface area contributed by atoms with Gasteiger partial charge in [0.05, 0.1) is 16.1 Å². The highest BCUT2D eigenvalue weighted by Gasteiger charge is 2.21. The molecule has 0 aliphatic carbocycles. The monoisotopic (exact) mass is 255 g/mol. The number of nitrogens with two attached hydrogens (primary N) is 1. The Balaban J connectivity index is 2.55. The van der Waals surface area contributed by atoms with Crippen LogP contribution in [0.5, 0.6) is 0 Å². The summed E-state index contributed by atoms with van der Waals surface area (Å²) in [4.78, 5) is 4.18. The molecule has 2 N–H and O–H groups in total. The van der Waals surface area contributed by atoms with Crippen LogP contribution in [0.15, 0.2) is 23.4 Å². The quantitative estimate of drug-likeness (QED) is 0.841. The van der Waals surface area contributed by atoms with Crippen LogP contribution < -0.4 is 5.73 Å². The molecule has 16 heavy (non-hydrogen) atoms. The maximum atomic E-state index is 8.83. The molecular formula is C11H14ClN3S. The van der Waals surface area contributed by atoms with Crippen LogP contribution >= 0.6 is 23.4 Å². The van der Waals surface area contributed by atoms with Crippen molar-refractivity contribution < 1.29 is 0 Å². The van der Waals surface area contributed by atoms with E-state index < -0.39 is 5.54 Å². The van der Waals surface area contributed by atoms with Gasteiger partial charge < -0.3 is 5.73 Å². The molecule has 0 saturated carbocycles. The molecule has 0 fully saturated rings. The van der Waals surface area contributed by atoms with Gasteiger partial charge in [0.2, 0.25) is 0 Å². The molecule has 5 heteroatoms. The predicted molar refractivity (Wildman–Crippen MR) is 67.4 cm³/mol. The first kappa shape index (κ1) is 13.3. The van der Waals surface area contributed by atoms with Gasteiger partial charge in [-0.25, -0.2) is 4.98 Å². The number of rotatable bonds is 4. The number of nitriles is 1. The molecule has 1 rings (SSSR count). The van der Waals surface area contributed by atoms with Gasteiger partial charge in [-0.1, -0.05) is 18.5 Å². The molecule has 86 valence electrons. The summed E-state index contributed by atoms with van der Waals surface area (Å²) in [5.41, 5.74) is 5.00. The summed E-state index contributed by atoms with van der Waals surface area (Å²) in [6.45, 7) is 3.77. The van der Waals surface area contributed by atoms with Crippen molar-refractivity contribution in [2.75, 3.05) is 0 Å². The summed E-state index contributed by atoms with van der Waals surface area (Å²) < 4.78 is 0. The molecule has 0 spiro atoms. The van der Waals surface area contributed by atoms with E-state index in [2.05, 4.69) is 11.1 Å². The van der Waals surface area contributed by atoms with Crippen molar-refractivity contribution in [3.8, 4) is 6.07 Å². The maximum Gasteiger partial charge on any atom is 0.102 e. The van der Waals surface area contributed by atoms with Crippen molar-refractivity contribution in [3.63, 3.8) is 0 Å². The maximum absolute atomic E-state index is 8.83. The molecule has 0 aromatic carbocycles. The van der Waals surface area contributed by atoms with Crippen molar-refractivity contribution in [1.29, 1.82) is 5.26 Å². The highest BCUT2D eigenvalue weighted by Crippen LogP contribution is 2.26. The molecule has 2 unspecified atom stereocenters. The lowest BCUT2D eigenvalue weighted by atomic mass is 10.00. The topological polar surface area (TPSA) is 62.7 Å². The lowest BCUT2D eigenvalue weighted by Gasteiger charge is -2.19. The average Bonchev–Trinajstić information content (AvgIpc) is 2.21. The van der Waals surface area contributed by atoms with Crippen LogP contribution in [-0.2, 0) is 0 Å². The van der Waals surface area contributed by atoms with E-state index in [0.717, 1.165) is 5.03 Å². The third kappa shape index (κ3) is 4.40. The SMILES string of the molecule is CC(CC(C)(N)C#N)Sc1ccc(Cl)cn1. The second-order valence-corrected chi connectivity index (χ2v) is 5.87. The smallest absolute Gasteiger partial charge is 0.102 e. The van der Waals surface area contributed by atoms with Crippen LogP contribution in [0, 0.1) is 11.3 Å². The number of aromatic nitrogens is 1. The van der Waals surface area contributed by atoms with Gasteiger partial charge in [0.15, 0.2) is 0 Å². The Morgan fingerprint density at radius 2 is 2.38 bits per heavy atom. The van der Waals surface area contributed by atoms with E-state index in [9.17, 15) is 0 Å². The zero-order valence-corrected chi connectivity index (χ0v) is 10.8. The molecule has 1 aromatic rings. The molecule has 0 aliphatic rings. The molecule has 0 saturated heterocycles. The first-order valence-corrected chi connectivity index (χ1v) is 6.17. The zero-order valence-electron chi connectivity index (χ0n) is 9.27. The van der Waals surface area contributed by atoms with Crippen molar-refractivity contribution in [2.24, 2.45) is 5.73 Å². The van der Waals surface area contributed by atoms with E-state index in [-0.39, 0.29) is 5.25 Å². The Labute approximate surface area is 105 Å². The summed E-state index contributed by atoms with van der Waals surface area (Å²) in [6, 6.07) is 5.76. The molecule has 1 aromatic heterocycles. The second-order valence-electron chi connectivity index (χ2n) is 3.98. The fraction of sp³-hybridized carbons (Fsp3) is 0.455. The van der Waals surface area contributed by atoms with Gasteiger partial charge in [-0.05, 0) is 25.5 Å². The minimum absolute atomic E-state index is 0.239. The Kier molecular flexibility index (Phi) is 4.60. The van der Waals surface area contributed by atoms with E-state index >= 15 is 0 Å². The average molecular weight is 256 g/mol. The summed E-state index contributed by atoms with van der Waals surface area (Å²) >= 11 is 7.34. The zero-order chi connectivity index (χ0) is 12.2. The van der Waals surface area contributed by atoms with Gasteiger partial charge in [0.25, 0.3) is 0 Å². The molecule has 2 atom stereocenters. The summed E-state index contributed by atoms with van der Waals surface area (Å²) in [6.07, 6.45) is 2.24. The van der Waals surface area contributed by atoms with Gasteiger partial charge in [-0.15, -0.1) is 11.8 Å². The molecule has 3 nitrogen and oxygen atoms in total. The Hall–Kier alpha value is -0.760. The standard InChI is InChI=1S/C11H14ClN3S/c1-8(5-11(2,14)7-13)16-10-4-3-9(12)6-15-10/h3-4,6,8H,5,14H2,1-2H3. The largest absolute Gasteiger partial charge is 0.314 e. The van der Waals surface area contributed by atoms with Gasteiger partial charge in [0, 0.05) is 11.4 Å². The van der Waals surface area contributed by atoms with Crippen LogP contribution in [0.3, 0.4) is 0 Å². The van der Waals surface area contributed by atoms with E-state index in [1.165, 1.54) is 0 Å². The highest BCUT2D eigenvalue weighted by molar-refractivity contribution is 7.99. The van der Waals surface area contributed by atoms with Crippen molar-refractivity contribution in [2.45, 2.75) is 36.1 Å². The third-order valence-electron chi connectivity index (χ3n) is 1.99. The number of nitrogens with zero attached hydrogens (tertiary/aromatic N) is 2. The predicted octanol–water partition coefficient (Wildman–Crippen LogP) is 2.85. The molecule has 1 heterocycles. The van der Waals surface area contributed by atoms with E-state index in [1.54, 1.807) is 30.9 Å². The van der Waals surface area contributed by atoms with Crippen molar-refractivity contribution >= 4 is 23.4 Å². The number of hydrogen-bond acceptors (Lipinski definition) is 4. The highest BCUT2D eigenvalue weighted by atomic mass is 35.5. The minimum atomic E-state index is -0.779. The molecule has 0 bridgehead atoms. The Morgan fingerprint density at radius 3 is 2.88 bits per heavy atom. The van der Waals surface area contributed by atoms with E-state index in [4.69, 9.17) is 22.6 Å². The molecular weight excluding hydrogens is 242 g/mol. The summed E-state index contributed by atoms with van der Waals surface area (Å²) in [5, 5.41) is 10.6. The first-order valence-electron chi connectivity index (χ1n) is 4.91. The number of halogens is 1. The van der Waals surface area contributed by atoms with Crippen LogP contribution in [0.2, 0.25) is 5.02 Å². The van der Waals surface area contributed by atoms with E-state index in [0.29, 0.717) is 11.4 Å². The van der Waals surface area contributed by atoms with Crippen LogP contribution in [0.1, 0.15) is 20.3 Å². The lowest BCUT2D eigenvalue weighted by Crippen LogP contribution is -2.36. The van der Waals surface area contributed by atoms with Crippen LogP contribution in [0.25, 0.3) is 0 Å². The van der Waals surface area contributed by atoms with Gasteiger partial charge in [-0.2, -0.15) is 5.26 Å². The van der Waals surface area contributed by atoms with Crippen molar-refractivity contribution in [3.05, 3.63) is 23.4 Å².